The van der Waals surface area contributed by atoms with Gasteiger partial charge in [0.2, 0.25) is 5.92 Å². The number of aryl methyl sites for hydroxylation is 2. The van der Waals surface area contributed by atoms with Gasteiger partial charge in [0, 0.05) is 11.8 Å². The van der Waals surface area contributed by atoms with Gasteiger partial charge in [-0.05, 0) is 38.7 Å². The van der Waals surface area contributed by atoms with Crippen molar-refractivity contribution in [3.8, 4) is 0 Å². The number of nitro groups is 1. The number of pyridine rings is 1. The molecular weight excluding hydrogens is 304 g/mol. The molecule has 0 bridgehead atoms. The summed E-state index contributed by atoms with van der Waals surface area (Å²) in [6.07, 6.45) is 2.21. The summed E-state index contributed by atoms with van der Waals surface area (Å²) in [6, 6.07) is 1.40. The summed E-state index contributed by atoms with van der Waals surface area (Å²) in [7, 11) is 0. The van der Waals surface area contributed by atoms with Gasteiger partial charge in [0.25, 0.3) is 5.69 Å². The molecular formula is C15H18N2O6. The van der Waals surface area contributed by atoms with E-state index >= 15 is 0 Å². The highest BCUT2D eigenvalue weighted by atomic mass is 16.6. The largest absolute Gasteiger partial charge is 0.465 e. The van der Waals surface area contributed by atoms with Gasteiger partial charge in [-0.25, -0.2) is 4.98 Å². The molecule has 0 amide bonds. The molecule has 124 valence electrons. The molecule has 0 N–H and O–H groups in total. The van der Waals surface area contributed by atoms with Gasteiger partial charge in [-0.3, -0.25) is 19.7 Å². The molecule has 0 saturated heterocycles. The lowest BCUT2D eigenvalue weighted by molar-refractivity contribution is -0.386. The Labute approximate surface area is 132 Å². The van der Waals surface area contributed by atoms with Gasteiger partial charge in [0.05, 0.1) is 18.1 Å². The summed E-state index contributed by atoms with van der Waals surface area (Å²) in [5.74, 6) is -3.32. The minimum absolute atomic E-state index is 0.0491. The molecule has 0 spiro atoms. The van der Waals surface area contributed by atoms with Crippen LogP contribution in [-0.4, -0.2) is 35.1 Å². The van der Waals surface area contributed by atoms with E-state index in [2.05, 4.69) is 4.98 Å². The van der Waals surface area contributed by atoms with Crippen LogP contribution in [-0.2, 0) is 31.9 Å². The van der Waals surface area contributed by atoms with E-state index in [1.165, 1.54) is 6.07 Å². The third kappa shape index (κ3) is 3.46. The smallest absolute Gasteiger partial charge is 0.326 e. The number of hydrogen-bond acceptors (Lipinski definition) is 7. The van der Waals surface area contributed by atoms with Crippen molar-refractivity contribution < 1.29 is 24.0 Å². The van der Waals surface area contributed by atoms with Gasteiger partial charge in [0.15, 0.2) is 0 Å². The Kier molecular flexibility index (Phi) is 5.25. The highest BCUT2D eigenvalue weighted by molar-refractivity contribution is 6.01. The van der Waals surface area contributed by atoms with Crippen molar-refractivity contribution in [2.45, 2.75) is 39.0 Å². The first-order chi connectivity index (χ1) is 11.0. The lowest BCUT2D eigenvalue weighted by atomic mass is 10.0. The third-order valence-electron chi connectivity index (χ3n) is 3.57. The number of aromatic nitrogens is 1. The number of rotatable bonds is 6. The topological polar surface area (TPSA) is 109 Å². The predicted octanol–water partition coefficient (Wildman–Crippen LogP) is 1.69. The van der Waals surface area contributed by atoms with Gasteiger partial charge in [-0.15, -0.1) is 0 Å². The third-order valence-corrected chi connectivity index (χ3v) is 3.57. The number of nitrogens with zero attached hydrogens (tertiary/aromatic N) is 2. The SMILES string of the molecule is CCOC(=O)C(C(=O)OCC)c1nc2c(cc1[N+](=O)[O-])CCC2. The van der Waals surface area contributed by atoms with Crippen molar-refractivity contribution in [3.05, 3.63) is 33.1 Å². The minimum atomic E-state index is -1.54. The molecule has 8 heteroatoms. The summed E-state index contributed by atoms with van der Waals surface area (Å²) < 4.78 is 9.76. The number of esters is 2. The molecule has 0 fully saturated rings. The number of hydrogen-bond donors (Lipinski definition) is 0. The quantitative estimate of drug-likeness (QED) is 0.339. The zero-order chi connectivity index (χ0) is 17.0. The first-order valence-electron chi connectivity index (χ1n) is 7.49. The molecule has 0 aliphatic heterocycles. The van der Waals surface area contributed by atoms with Crippen LogP contribution in [0.25, 0.3) is 0 Å². The van der Waals surface area contributed by atoms with Crippen LogP contribution in [0, 0.1) is 10.1 Å². The number of fused-ring (bicyclic) bond motifs is 1. The van der Waals surface area contributed by atoms with E-state index in [-0.39, 0.29) is 24.6 Å². The Bertz CT molecular complexity index is 625. The van der Waals surface area contributed by atoms with E-state index in [9.17, 15) is 19.7 Å². The highest BCUT2D eigenvalue weighted by Gasteiger charge is 2.39. The number of carbonyl (C=O) groups is 2. The normalized spacial score (nSPS) is 12.8. The summed E-state index contributed by atoms with van der Waals surface area (Å²) in [4.78, 5) is 39.3. The Hall–Kier alpha value is -2.51. The maximum atomic E-state index is 12.1. The number of ether oxygens (including phenoxy) is 2. The van der Waals surface area contributed by atoms with Gasteiger partial charge in [-0.1, -0.05) is 0 Å². The average Bonchev–Trinajstić information content (AvgIpc) is 2.94. The lowest BCUT2D eigenvalue weighted by Crippen LogP contribution is -2.28. The van der Waals surface area contributed by atoms with E-state index in [4.69, 9.17) is 9.47 Å². The van der Waals surface area contributed by atoms with Crippen molar-refractivity contribution in [3.63, 3.8) is 0 Å². The fourth-order valence-electron chi connectivity index (χ4n) is 2.61. The Balaban J connectivity index is 2.54. The minimum Gasteiger partial charge on any atom is -0.465 e. The van der Waals surface area contributed by atoms with Crippen molar-refractivity contribution in [1.82, 2.24) is 4.98 Å². The zero-order valence-corrected chi connectivity index (χ0v) is 13.0. The first-order valence-corrected chi connectivity index (χ1v) is 7.49. The second-order valence-electron chi connectivity index (χ2n) is 5.05. The first kappa shape index (κ1) is 16.9. The van der Waals surface area contributed by atoms with Crippen LogP contribution in [0.3, 0.4) is 0 Å². The molecule has 1 aromatic rings. The molecule has 0 aromatic carbocycles. The lowest BCUT2D eigenvalue weighted by Gasteiger charge is -2.15. The molecule has 2 rings (SSSR count). The fourth-order valence-corrected chi connectivity index (χ4v) is 2.61. The second-order valence-corrected chi connectivity index (χ2v) is 5.05. The highest BCUT2D eigenvalue weighted by Crippen LogP contribution is 2.32. The van der Waals surface area contributed by atoms with Gasteiger partial charge in [-0.2, -0.15) is 0 Å². The Morgan fingerprint density at radius 1 is 1.26 bits per heavy atom. The van der Waals surface area contributed by atoms with Crippen LogP contribution in [0.1, 0.15) is 43.1 Å². The molecule has 0 saturated carbocycles. The molecule has 1 aromatic heterocycles. The van der Waals surface area contributed by atoms with Crippen LogP contribution in [0.4, 0.5) is 5.69 Å². The maximum absolute atomic E-state index is 12.1. The van der Waals surface area contributed by atoms with E-state index in [0.29, 0.717) is 18.5 Å². The summed E-state index contributed by atoms with van der Waals surface area (Å²) in [5.41, 5.74) is 0.917. The molecule has 0 unspecified atom stereocenters. The molecule has 0 atom stereocenters. The molecule has 1 aliphatic rings. The number of carbonyl (C=O) groups excluding carboxylic acids is 2. The second kappa shape index (κ2) is 7.17. The molecule has 1 aliphatic carbocycles. The van der Waals surface area contributed by atoms with Crippen molar-refractivity contribution in [2.75, 3.05) is 13.2 Å². The van der Waals surface area contributed by atoms with E-state index in [0.717, 1.165) is 12.0 Å². The fraction of sp³-hybridized carbons (Fsp3) is 0.533. The van der Waals surface area contributed by atoms with Crippen LogP contribution >= 0.6 is 0 Å². The van der Waals surface area contributed by atoms with Crippen LogP contribution in [0.15, 0.2) is 6.07 Å². The Morgan fingerprint density at radius 2 is 1.87 bits per heavy atom. The zero-order valence-electron chi connectivity index (χ0n) is 13.0. The molecule has 23 heavy (non-hydrogen) atoms. The van der Waals surface area contributed by atoms with Gasteiger partial charge < -0.3 is 9.47 Å². The van der Waals surface area contributed by atoms with E-state index in [1.54, 1.807) is 13.8 Å². The maximum Gasteiger partial charge on any atom is 0.326 e. The average molecular weight is 322 g/mol. The van der Waals surface area contributed by atoms with Crippen LogP contribution < -0.4 is 0 Å². The molecule has 1 heterocycles. The summed E-state index contributed by atoms with van der Waals surface area (Å²) in [6.45, 7) is 3.27. The standard InChI is InChI=1S/C15H18N2O6/c1-3-22-14(18)12(15(19)23-4-2)13-11(17(20)21)8-9-6-5-7-10(9)16-13/h8,12H,3-7H2,1-2H3. The van der Waals surface area contributed by atoms with Crippen LogP contribution in [0.5, 0.6) is 0 Å². The van der Waals surface area contributed by atoms with Crippen molar-refractivity contribution in [2.24, 2.45) is 0 Å². The summed E-state index contributed by atoms with van der Waals surface area (Å²) in [5, 5.41) is 11.3. The monoisotopic (exact) mass is 322 g/mol. The van der Waals surface area contributed by atoms with E-state index in [1.807, 2.05) is 0 Å². The van der Waals surface area contributed by atoms with Crippen molar-refractivity contribution in [1.29, 1.82) is 0 Å². The van der Waals surface area contributed by atoms with Crippen molar-refractivity contribution >= 4 is 17.6 Å². The van der Waals surface area contributed by atoms with E-state index < -0.39 is 22.8 Å². The van der Waals surface area contributed by atoms with Crippen LogP contribution in [0.2, 0.25) is 0 Å². The van der Waals surface area contributed by atoms with Gasteiger partial charge in [0.1, 0.15) is 5.69 Å². The van der Waals surface area contributed by atoms with Gasteiger partial charge >= 0.3 is 11.9 Å². The summed E-state index contributed by atoms with van der Waals surface area (Å²) >= 11 is 0. The Morgan fingerprint density at radius 3 is 2.39 bits per heavy atom. The predicted molar refractivity (Wildman–Crippen MR) is 78.9 cm³/mol. The molecule has 0 radical (unpaired) electrons. The molecule has 8 nitrogen and oxygen atoms in total.